The molecule has 1 aromatic rings. The molecule has 1 N–H and O–H groups in total. The van der Waals surface area contributed by atoms with Crippen molar-refractivity contribution in [2.45, 2.75) is 6.18 Å². The SMILES string of the molecule is O=C(Oc1cccc(C(F)(F)F)c1)C1=CC=CNC1. The number of alkyl halides is 3. The predicted molar refractivity (Wildman–Crippen MR) is 62.3 cm³/mol. The summed E-state index contributed by atoms with van der Waals surface area (Å²) in [4.78, 5) is 11.7. The Kier molecular flexibility index (Phi) is 3.59. The van der Waals surface area contributed by atoms with Crippen LogP contribution in [0.2, 0.25) is 0 Å². The van der Waals surface area contributed by atoms with E-state index in [4.69, 9.17) is 4.74 Å². The largest absolute Gasteiger partial charge is 0.423 e. The van der Waals surface area contributed by atoms with Crippen LogP contribution in [-0.2, 0) is 11.0 Å². The molecule has 1 aliphatic rings. The molecule has 0 amide bonds. The maximum atomic E-state index is 12.5. The van der Waals surface area contributed by atoms with Gasteiger partial charge in [0.15, 0.2) is 0 Å². The van der Waals surface area contributed by atoms with Gasteiger partial charge in [-0.3, -0.25) is 0 Å². The van der Waals surface area contributed by atoms with Gasteiger partial charge in [-0.25, -0.2) is 4.79 Å². The van der Waals surface area contributed by atoms with Crippen LogP contribution in [0.5, 0.6) is 5.75 Å². The van der Waals surface area contributed by atoms with Crippen molar-refractivity contribution < 1.29 is 22.7 Å². The van der Waals surface area contributed by atoms with Gasteiger partial charge in [-0.05, 0) is 36.6 Å². The summed E-state index contributed by atoms with van der Waals surface area (Å²) in [6.07, 6.45) is 0.358. The molecule has 2 rings (SSSR count). The number of benzene rings is 1. The van der Waals surface area contributed by atoms with Crippen molar-refractivity contribution in [3.63, 3.8) is 0 Å². The van der Waals surface area contributed by atoms with Gasteiger partial charge in [0.1, 0.15) is 5.75 Å². The van der Waals surface area contributed by atoms with Gasteiger partial charge in [0.05, 0.1) is 11.1 Å². The van der Waals surface area contributed by atoms with Crippen molar-refractivity contribution in [3.8, 4) is 5.75 Å². The lowest BCUT2D eigenvalue weighted by atomic mass is 10.2. The molecule has 19 heavy (non-hydrogen) atoms. The molecular weight excluding hydrogens is 259 g/mol. The fourth-order valence-electron chi connectivity index (χ4n) is 1.51. The van der Waals surface area contributed by atoms with Gasteiger partial charge in [-0.2, -0.15) is 13.2 Å². The van der Waals surface area contributed by atoms with Crippen LogP contribution in [-0.4, -0.2) is 12.5 Å². The van der Waals surface area contributed by atoms with E-state index in [0.717, 1.165) is 12.1 Å². The van der Waals surface area contributed by atoms with Crippen LogP contribution in [0.25, 0.3) is 0 Å². The standard InChI is InChI=1S/C13H10F3NO2/c14-13(15,16)10-4-1-5-11(7-10)19-12(18)9-3-2-6-17-8-9/h1-7,17H,8H2. The third kappa shape index (κ3) is 3.37. The first kappa shape index (κ1) is 13.2. The van der Waals surface area contributed by atoms with Crippen LogP contribution >= 0.6 is 0 Å². The summed E-state index contributed by atoms with van der Waals surface area (Å²) in [6.45, 7) is 0.286. The first-order valence-electron chi connectivity index (χ1n) is 5.45. The van der Waals surface area contributed by atoms with Crippen LogP contribution in [0.1, 0.15) is 5.56 Å². The second-order valence-electron chi connectivity index (χ2n) is 3.85. The summed E-state index contributed by atoms with van der Waals surface area (Å²) in [7, 11) is 0. The van der Waals surface area contributed by atoms with Gasteiger partial charge >= 0.3 is 12.1 Å². The lowest BCUT2D eigenvalue weighted by Crippen LogP contribution is -2.22. The second kappa shape index (κ2) is 5.17. The van der Waals surface area contributed by atoms with Crippen molar-refractivity contribution in [2.24, 2.45) is 0 Å². The Hall–Kier alpha value is -2.24. The van der Waals surface area contributed by atoms with Gasteiger partial charge < -0.3 is 10.1 Å². The molecule has 100 valence electrons. The zero-order valence-electron chi connectivity index (χ0n) is 9.70. The van der Waals surface area contributed by atoms with Crippen molar-refractivity contribution in [3.05, 3.63) is 53.8 Å². The quantitative estimate of drug-likeness (QED) is 0.662. The summed E-state index contributed by atoms with van der Waals surface area (Å²) in [5, 5.41) is 2.81. The summed E-state index contributed by atoms with van der Waals surface area (Å²) in [6, 6.07) is 4.21. The number of nitrogens with one attached hydrogen (secondary N) is 1. The number of esters is 1. The third-order valence-electron chi connectivity index (χ3n) is 2.44. The van der Waals surface area contributed by atoms with Crippen molar-refractivity contribution in [1.29, 1.82) is 0 Å². The van der Waals surface area contributed by atoms with E-state index < -0.39 is 17.7 Å². The average Bonchev–Trinajstić information content (AvgIpc) is 2.39. The zero-order chi connectivity index (χ0) is 13.9. The molecule has 0 aromatic heterocycles. The summed E-state index contributed by atoms with van der Waals surface area (Å²) in [5.41, 5.74) is -0.506. The fraction of sp³-hybridized carbons (Fsp3) is 0.154. The lowest BCUT2D eigenvalue weighted by Gasteiger charge is -2.12. The maximum absolute atomic E-state index is 12.5. The van der Waals surface area contributed by atoms with E-state index in [9.17, 15) is 18.0 Å². The highest BCUT2D eigenvalue weighted by molar-refractivity contribution is 5.91. The molecule has 0 saturated carbocycles. The third-order valence-corrected chi connectivity index (χ3v) is 2.44. The Balaban J connectivity index is 2.13. The number of allylic oxidation sites excluding steroid dienone is 2. The Labute approximate surface area is 107 Å². The number of rotatable bonds is 2. The normalized spacial score (nSPS) is 14.6. The van der Waals surface area contributed by atoms with Gasteiger partial charge in [0.25, 0.3) is 0 Å². The fourth-order valence-corrected chi connectivity index (χ4v) is 1.51. The molecule has 0 saturated heterocycles. The maximum Gasteiger partial charge on any atom is 0.416 e. The summed E-state index contributed by atoms with van der Waals surface area (Å²) in [5.74, 6) is -0.800. The van der Waals surface area contributed by atoms with Crippen molar-refractivity contribution in [2.75, 3.05) is 6.54 Å². The Morgan fingerprint density at radius 2 is 2.11 bits per heavy atom. The minimum atomic E-state index is -4.46. The van der Waals surface area contributed by atoms with Gasteiger partial charge in [-0.1, -0.05) is 6.07 Å². The van der Waals surface area contributed by atoms with E-state index in [1.165, 1.54) is 12.1 Å². The molecule has 0 bridgehead atoms. The Morgan fingerprint density at radius 3 is 2.74 bits per heavy atom. The number of dihydropyridines is 1. The number of hydrogen-bond acceptors (Lipinski definition) is 3. The molecule has 0 fully saturated rings. The van der Waals surface area contributed by atoms with Crippen LogP contribution in [0.3, 0.4) is 0 Å². The van der Waals surface area contributed by atoms with E-state index in [1.807, 2.05) is 0 Å². The molecule has 0 atom stereocenters. The molecule has 3 nitrogen and oxygen atoms in total. The van der Waals surface area contributed by atoms with Gasteiger partial charge in [0.2, 0.25) is 0 Å². The molecule has 0 unspecified atom stereocenters. The van der Waals surface area contributed by atoms with Crippen LogP contribution in [0, 0.1) is 0 Å². The number of carbonyl (C=O) groups is 1. The monoisotopic (exact) mass is 269 g/mol. The van der Waals surface area contributed by atoms with E-state index in [2.05, 4.69) is 5.32 Å². The number of halogens is 3. The van der Waals surface area contributed by atoms with Gasteiger partial charge in [-0.15, -0.1) is 0 Å². The summed E-state index contributed by atoms with van der Waals surface area (Å²) >= 11 is 0. The first-order chi connectivity index (χ1) is 8.97. The molecule has 6 heteroatoms. The van der Waals surface area contributed by atoms with E-state index >= 15 is 0 Å². The number of ether oxygens (including phenoxy) is 1. The second-order valence-corrected chi connectivity index (χ2v) is 3.85. The van der Waals surface area contributed by atoms with Crippen LogP contribution in [0.15, 0.2) is 48.2 Å². The Morgan fingerprint density at radius 1 is 1.32 bits per heavy atom. The van der Waals surface area contributed by atoms with Gasteiger partial charge in [0, 0.05) is 6.54 Å². The van der Waals surface area contributed by atoms with Crippen LogP contribution < -0.4 is 10.1 Å². The first-order valence-corrected chi connectivity index (χ1v) is 5.45. The molecule has 0 radical (unpaired) electrons. The predicted octanol–water partition coefficient (Wildman–Crippen LogP) is 2.65. The molecule has 1 heterocycles. The highest BCUT2D eigenvalue weighted by atomic mass is 19.4. The number of hydrogen-bond donors (Lipinski definition) is 1. The highest BCUT2D eigenvalue weighted by Crippen LogP contribution is 2.31. The van der Waals surface area contributed by atoms with E-state index in [0.29, 0.717) is 5.57 Å². The zero-order valence-corrected chi connectivity index (χ0v) is 9.70. The highest BCUT2D eigenvalue weighted by Gasteiger charge is 2.30. The topological polar surface area (TPSA) is 38.3 Å². The molecule has 1 aliphatic heterocycles. The van der Waals surface area contributed by atoms with Crippen molar-refractivity contribution >= 4 is 5.97 Å². The number of carbonyl (C=O) groups excluding carboxylic acids is 1. The molecule has 0 spiro atoms. The Bertz CT molecular complexity index is 547. The average molecular weight is 269 g/mol. The van der Waals surface area contributed by atoms with Crippen molar-refractivity contribution in [1.82, 2.24) is 5.32 Å². The minimum Gasteiger partial charge on any atom is -0.423 e. The van der Waals surface area contributed by atoms with E-state index in [1.54, 1.807) is 18.4 Å². The smallest absolute Gasteiger partial charge is 0.416 e. The van der Waals surface area contributed by atoms with E-state index in [-0.39, 0.29) is 12.3 Å². The minimum absolute atomic E-state index is 0.129. The molecule has 1 aromatic carbocycles. The summed E-state index contributed by atoms with van der Waals surface area (Å²) < 4.78 is 42.4. The molecule has 0 aliphatic carbocycles. The lowest BCUT2D eigenvalue weighted by molar-refractivity contribution is -0.138. The van der Waals surface area contributed by atoms with Crippen LogP contribution in [0.4, 0.5) is 13.2 Å². The molecular formula is C13H10F3NO2.